The van der Waals surface area contributed by atoms with Gasteiger partial charge in [0.25, 0.3) is 0 Å². The zero-order valence-corrected chi connectivity index (χ0v) is 21.5. The Morgan fingerprint density at radius 1 is 1.12 bits per heavy atom. The summed E-state index contributed by atoms with van der Waals surface area (Å²) in [7, 11) is 2.13. The highest BCUT2D eigenvalue weighted by molar-refractivity contribution is 7.18. The lowest BCUT2D eigenvalue weighted by molar-refractivity contribution is 0.0648. The first-order valence-corrected chi connectivity index (χ1v) is 13.3. The van der Waals surface area contributed by atoms with Crippen molar-refractivity contribution in [3.8, 4) is 0 Å². The van der Waals surface area contributed by atoms with Gasteiger partial charge in [-0.05, 0) is 68.8 Å². The van der Waals surface area contributed by atoms with Crippen LogP contribution in [0, 0.1) is 5.92 Å². The van der Waals surface area contributed by atoms with Gasteiger partial charge in [-0.3, -0.25) is 4.90 Å². The van der Waals surface area contributed by atoms with Crippen molar-refractivity contribution in [1.29, 1.82) is 0 Å². The molecule has 1 aromatic heterocycles. The molecular weight excluding hydrogens is 446 g/mol. The number of rotatable bonds is 6. The van der Waals surface area contributed by atoms with Gasteiger partial charge in [-0.2, -0.15) is 0 Å². The van der Waals surface area contributed by atoms with E-state index in [9.17, 15) is 9.18 Å². The van der Waals surface area contributed by atoms with Crippen molar-refractivity contribution in [2.75, 3.05) is 18.0 Å². The highest BCUT2D eigenvalue weighted by Gasteiger charge is 2.54. The highest BCUT2D eigenvalue weighted by Crippen LogP contribution is 2.50. The van der Waals surface area contributed by atoms with E-state index in [1.807, 2.05) is 4.90 Å². The molecule has 182 valence electrons. The number of carbonyl (C=O) groups excluding carboxylic acids is 1. The van der Waals surface area contributed by atoms with Crippen LogP contribution >= 0.6 is 9.24 Å². The van der Waals surface area contributed by atoms with Crippen molar-refractivity contribution in [2.45, 2.75) is 81.6 Å². The third-order valence-electron chi connectivity index (χ3n) is 8.74. The Morgan fingerprint density at radius 3 is 2.29 bits per heavy atom. The molecule has 2 aliphatic carbocycles. The number of halogens is 1. The van der Waals surface area contributed by atoms with E-state index >= 15 is 0 Å². The van der Waals surface area contributed by atoms with Crippen LogP contribution in [-0.4, -0.2) is 39.5 Å². The van der Waals surface area contributed by atoms with E-state index in [0.29, 0.717) is 18.2 Å². The average Bonchev–Trinajstić information content (AvgIpc) is 3.08. The van der Waals surface area contributed by atoms with Gasteiger partial charge < -0.3 is 4.90 Å². The van der Waals surface area contributed by atoms with Gasteiger partial charge in [-0.1, -0.05) is 52.9 Å². The third-order valence-corrected chi connectivity index (χ3v) is 9.00. The summed E-state index contributed by atoms with van der Waals surface area (Å²) < 4.78 is 14.2. The quantitative estimate of drug-likeness (QED) is 0.461. The summed E-state index contributed by atoms with van der Waals surface area (Å²) in [4.78, 5) is 26.2. The minimum Gasteiger partial charge on any atom is -0.317 e. The summed E-state index contributed by atoms with van der Waals surface area (Å²) in [5.74, 6) is 0.720. The van der Waals surface area contributed by atoms with Gasteiger partial charge in [-0.15, -0.1) is 0 Å². The molecule has 1 aromatic carbocycles. The van der Waals surface area contributed by atoms with Gasteiger partial charge in [0.15, 0.2) is 11.2 Å². The van der Waals surface area contributed by atoms with E-state index in [0.717, 1.165) is 38.6 Å². The maximum atomic E-state index is 14.2. The monoisotopic (exact) mass is 482 g/mol. The Kier molecular flexibility index (Phi) is 6.16. The number of anilines is 1. The summed E-state index contributed by atoms with van der Waals surface area (Å²) in [6, 6.07) is 11.0. The predicted molar refractivity (Wildman–Crippen MR) is 137 cm³/mol. The second-order valence-corrected chi connectivity index (χ2v) is 11.9. The Bertz CT molecular complexity index is 1010. The Morgan fingerprint density at radius 2 is 1.76 bits per heavy atom. The van der Waals surface area contributed by atoms with Crippen LogP contribution in [0.15, 0.2) is 42.7 Å². The fraction of sp³-hybridized carbons (Fsp3) is 0.593. The first-order valence-electron chi connectivity index (χ1n) is 12.7. The number of carbonyl (C=O) groups is 1. The molecule has 34 heavy (non-hydrogen) atoms. The molecule has 0 N–H and O–H groups in total. The van der Waals surface area contributed by atoms with Crippen molar-refractivity contribution >= 4 is 21.0 Å². The molecule has 2 aromatic rings. The molecule has 1 aliphatic heterocycles. The predicted octanol–water partition coefficient (Wildman–Crippen LogP) is 6.20. The van der Waals surface area contributed by atoms with Gasteiger partial charge in [-0.25, -0.2) is 19.2 Å². The molecule has 1 saturated heterocycles. The van der Waals surface area contributed by atoms with Crippen molar-refractivity contribution in [1.82, 2.24) is 14.9 Å². The number of alkyl halides is 1. The van der Waals surface area contributed by atoms with E-state index in [1.165, 1.54) is 31.7 Å². The highest BCUT2D eigenvalue weighted by atomic mass is 31.0. The number of hydrogen-bond acceptors (Lipinski definition) is 3. The molecule has 0 radical (unpaired) electrons. The van der Waals surface area contributed by atoms with Crippen molar-refractivity contribution in [2.24, 2.45) is 5.92 Å². The number of urea groups is 1. The standard InChI is InChI=1S/C27H36FN4OP/c1-3-26(21-10-5-4-6-11-21)12-14-27(15-13-26)19-31(24(33)32(27)18-20-8-7-9-20)22-16-29-23(30-17-22)25(2,28)34/h4-6,10-11,16-17,20H,3,7-9,12-15,18-19,34H2,1-2H3. The van der Waals surface area contributed by atoms with Crippen LogP contribution in [0.3, 0.4) is 0 Å². The molecular formula is C27H36FN4OP. The van der Waals surface area contributed by atoms with Crippen LogP contribution in [0.25, 0.3) is 0 Å². The second kappa shape index (κ2) is 8.86. The Balaban J connectivity index is 1.42. The van der Waals surface area contributed by atoms with Crippen LogP contribution in [0.4, 0.5) is 14.9 Å². The van der Waals surface area contributed by atoms with E-state index in [-0.39, 0.29) is 22.8 Å². The van der Waals surface area contributed by atoms with Crippen molar-refractivity contribution in [3.63, 3.8) is 0 Å². The number of aromatic nitrogens is 2. The summed E-state index contributed by atoms with van der Waals surface area (Å²) in [5.41, 5.74) is 2.11. The zero-order chi connectivity index (χ0) is 24.0. The molecule has 0 bridgehead atoms. The fourth-order valence-electron chi connectivity index (χ4n) is 6.18. The average molecular weight is 483 g/mol. The zero-order valence-electron chi connectivity index (χ0n) is 20.3. The van der Waals surface area contributed by atoms with Gasteiger partial charge in [0.1, 0.15) is 0 Å². The van der Waals surface area contributed by atoms with E-state index in [4.69, 9.17) is 0 Å². The van der Waals surface area contributed by atoms with Crippen molar-refractivity contribution in [3.05, 3.63) is 54.1 Å². The maximum absolute atomic E-state index is 14.2. The minimum atomic E-state index is -1.69. The lowest BCUT2D eigenvalue weighted by Crippen LogP contribution is -2.53. The molecule has 2 saturated carbocycles. The number of benzene rings is 1. The third kappa shape index (κ3) is 4.12. The summed E-state index contributed by atoms with van der Waals surface area (Å²) in [6.07, 6.45) is 12.2. The molecule has 5 rings (SSSR count). The molecule has 3 fully saturated rings. The first kappa shape index (κ1) is 23.7. The lowest BCUT2D eigenvalue weighted by Gasteiger charge is -2.49. The van der Waals surface area contributed by atoms with E-state index in [1.54, 1.807) is 12.4 Å². The van der Waals surface area contributed by atoms with E-state index < -0.39 is 5.41 Å². The van der Waals surface area contributed by atoms with Crippen LogP contribution < -0.4 is 4.90 Å². The summed E-state index contributed by atoms with van der Waals surface area (Å²) in [5, 5.41) is -1.69. The molecule has 2 unspecified atom stereocenters. The normalized spacial score (nSPS) is 29.4. The van der Waals surface area contributed by atoms with Crippen LogP contribution in [0.1, 0.15) is 76.6 Å². The van der Waals surface area contributed by atoms with E-state index in [2.05, 4.69) is 61.4 Å². The molecule has 2 amide bonds. The topological polar surface area (TPSA) is 49.3 Å². The minimum absolute atomic E-state index is 0.0563. The molecule has 7 heteroatoms. The summed E-state index contributed by atoms with van der Waals surface area (Å²) >= 11 is 0. The number of hydrogen-bond donors (Lipinski definition) is 0. The number of amides is 2. The molecule has 1 spiro atoms. The maximum Gasteiger partial charge on any atom is 0.325 e. The molecule has 2 heterocycles. The van der Waals surface area contributed by atoms with Gasteiger partial charge in [0.2, 0.25) is 0 Å². The van der Waals surface area contributed by atoms with Gasteiger partial charge in [0, 0.05) is 6.54 Å². The van der Waals surface area contributed by atoms with Crippen molar-refractivity contribution < 1.29 is 9.18 Å². The smallest absolute Gasteiger partial charge is 0.317 e. The first-order chi connectivity index (χ1) is 16.3. The Labute approximate surface area is 204 Å². The van der Waals surface area contributed by atoms with Crippen LogP contribution in [0.2, 0.25) is 0 Å². The second-order valence-electron chi connectivity index (χ2n) is 10.8. The molecule has 3 aliphatic rings. The number of nitrogens with zero attached hydrogens (tertiary/aromatic N) is 4. The van der Waals surface area contributed by atoms with Gasteiger partial charge >= 0.3 is 6.03 Å². The summed E-state index contributed by atoms with van der Waals surface area (Å²) in [6.45, 7) is 5.21. The molecule has 2 atom stereocenters. The van der Waals surface area contributed by atoms with Gasteiger partial charge in [0.05, 0.1) is 30.2 Å². The fourth-order valence-corrected chi connectivity index (χ4v) is 6.33. The molecule has 5 nitrogen and oxygen atoms in total. The Hall–Kier alpha value is -2.07. The van der Waals surface area contributed by atoms with Crippen LogP contribution in [0.5, 0.6) is 0 Å². The largest absolute Gasteiger partial charge is 0.325 e. The van der Waals surface area contributed by atoms with Crippen LogP contribution in [-0.2, 0) is 10.8 Å². The SMILES string of the molecule is CCC1(c2ccccc2)CCC2(CC1)CN(c1cnc(C(C)(F)P)nc1)C(=O)N2CC1CCC1. The lowest BCUT2D eigenvalue weighted by atomic mass is 9.62.